The summed E-state index contributed by atoms with van der Waals surface area (Å²) in [5.74, 6) is 0. The van der Waals surface area contributed by atoms with E-state index >= 15 is 0 Å². The van der Waals surface area contributed by atoms with Crippen LogP contribution in [0.15, 0.2) is 0 Å². The van der Waals surface area contributed by atoms with Gasteiger partial charge in [-0.25, -0.2) is 0 Å². The van der Waals surface area contributed by atoms with Crippen molar-refractivity contribution in [1.82, 2.24) is 0 Å². The Labute approximate surface area is 81.5 Å². The predicted octanol–water partition coefficient (Wildman–Crippen LogP) is 1.93. The molecule has 2 heteroatoms. The van der Waals surface area contributed by atoms with Crippen LogP contribution in [0.3, 0.4) is 0 Å². The van der Waals surface area contributed by atoms with Crippen molar-refractivity contribution in [3.05, 3.63) is 14.4 Å². The van der Waals surface area contributed by atoms with Gasteiger partial charge < -0.3 is 14.4 Å². The molecule has 0 bridgehead atoms. The minimum atomic E-state index is 0. The number of rotatable bonds is 0. The summed E-state index contributed by atoms with van der Waals surface area (Å²) in [5, 5.41) is 0. The molecule has 2 radical (unpaired) electrons. The van der Waals surface area contributed by atoms with Gasteiger partial charge in [0.1, 0.15) is 0 Å². The summed E-state index contributed by atoms with van der Waals surface area (Å²) < 4.78 is 0. The van der Waals surface area contributed by atoms with E-state index in [1.165, 1.54) is 0 Å². The molecule has 0 aliphatic carbocycles. The van der Waals surface area contributed by atoms with Gasteiger partial charge in [-0.1, -0.05) is 20.8 Å². The second-order valence-corrected chi connectivity index (χ2v) is 2.56. The van der Waals surface area contributed by atoms with Crippen LogP contribution in [0.25, 0.3) is 0 Å². The summed E-state index contributed by atoms with van der Waals surface area (Å²) in [6, 6.07) is 0. The second kappa shape index (κ2) is 8.34. The summed E-state index contributed by atoms with van der Waals surface area (Å²) in [6.45, 7) is 10.0. The molecule has 52 valence electrons. The van der Waals surface area contributed by atoms with E-state index in [4.69, 9.17) is 0 Å². The molecule has 8 heavy (non-hydrogen) atoms. The molecule has 0 fully saturated rings. The van der Waals surface area contributed by atoms with Crippen molar-refractivity contribution in [2.75, 3.05) is 0 Å². The maximum absolute atomic E-state index is 3.77. The quantitative estimate of drug-likeness (QED) is 0.472. The fraction of sp³-hybridized carbons (Fsp3) is 0.667. The Kier molecular flexibility index (Phi) is 23.7. The molecule has 0 heterocycles. The van der Waals surface area contributed by atoms with Crippen LogP contribution in [0.4, 0.5) is 0 Å². The average molecular weight is 290 g/mol. The minimum Gasteiger partial charge on any atom is -0.358 e. The Bertz CT molecular complexity index is 24.0. The summed E-state index contributed by atoms with van der Waals surface area (Å²) in [4.78, 5) is 0. The van der Waals surface area contributed by atoms with E-state index in [-0.39, 0.29) is 54.1 Å². The van der Waals surface area contributed by atoms with E-state index in [1.54, 1.807) is 0 Å². The first-order chi connectivity index (χ1) is 2.00. The van der Waals surface area contributed by atoms with Crippen molar-refractivity contribution in [3.63, 3.8) is 0 Å². The second-order valence-electron chi connectivity index (χ2n) is 2.56. The Morgan fingerprint density at radius 1 is 1.12 bits per heavy atom. The summed E-state index contributed by atoms with van der Waals surface area (Å²) in [6.07, 6.45) is 0. The fourth-order valence-corrected chi connectivity index (χ4v) is 0. The van der Waals surface area contributed by atoms with Crippen molar-refractivity contribution in [2.24, 2.45) is 5.41 Å². The van der Waals surface area contributed by atoms with Gasteiger partial charge in [0, 0.05) is 41.2 Å². The zero-order valence-corrected chi connectivity index (χ0v) is 8.68. The third-order valence-corrected chi connectivity index (χ3v) is 0. The van der Waals surface area contributed by atoms with Gasteiger partial charge in [0.05, 0.1) is 0 Å². The molecular weight excluding hydrogens is 276 g/mol. The van der Waals surface area contributed by atoms with Crippen LogP contribution >= 0.6 is 0 Å². The van der Waals surface area contributed by atoms with Crippen molar-refractivity contribution < 1.29 is 22.4 Å². The zero-order valence-electron chi connectivity index (χ0n) is 6.51. The van der Waals surface area contributed by atoms with E-state index in [9.17, 15) is 0 Å². The van der Waals surface area contributed by atoms with Gasteiger partial charge in [-0.15, -0.1) is 0 Å². The van der Waals surface area contributed by atoms with Crippen molar-refractivity contribution >= 4 is 18.9 Å². The van der Waals surface area contributed by atoms with Crippen molar-refractivity contribution in [3.8, 4) is 0 Å². The maximum atomic E-state index is 3.77. The molecule has 0 aliphatic heterocycles. The van der Waals surface area contributed by atoms with Gasteiger partial charge >= 0.3 is 0 Å². The molecule has 0 amide bonds. The molecular formula is C6H14AuLi-2. The van der Waals surface area contributed by atoms with Gasteiger partial charge in [-0.05, 0) is 0 Å². The normalized spacial score (nSPS) is 7.50. The SMILES string of the molecule is [Au].[CH2-]C(C)(C)C.[CH3-].[Li]. The molecule has 0 aromatic rings. The fourth-order valence-electron chi connectivity index (χ4n) is 0. The molecule has 0 saturated heterocycles. The third kappa shape index (κ3) is 165. The molecule has 0 rings (SSSR count). The molecule has 0 saturated carbocycles. The Morgan fingerprint density at radius 2 is 1.12 bits per heavy atom. The molecule has 0 aromatic heterocycles. The predicted molar refractivity (Wildman–Crippen MR) is 37.0 cm³/mol. The Hall–Kier alpha value is 1.34. The summed E-state index contributed by atoms with van der Waals surface area (Å²) in [7, 11) is 0. The van der Waals surface area contributed by atoms with Gasteiger partial charge in [-0.3, -0.25) is 0 Å². The smallest absolute Gasteiger partial charge is 0 e. The first-order valence-electron chi connectivity index (χ1n) is 1.85. The van der Waals surface area contributed by atoms with E-state index in [2.05, 4.69) is 27.7 Å². The molecule has 0 aliphatic rings. The molecule has 0 unspecified atom stereocenters. The molecule has 0 atom stereocenters. The van der Waals surface area contributed by atoms with Crippen molar-refractivity contribution in [2.45, 2.75) is 20.8 Å². The van der Waals surface area contributed by atoms with Crippen LogP contribution < -0.4 is 0 Å². The first kappa shape index (κ1) is 22.8. The van der Waals surface area contributed by atoms with E-state index in [1.807, 2.05) is 0 Å². The van der Waals surface area contributed by atoms with Gasteiger partial charge in [0.15, 0.2) is 0 Å². The summed E-state index contributed by atoms with van der Waals surface area (Å²) in [5.41, 5.74) is 0.250. The standard InChI is InChI=1S/C5H11.CH3.Au.Li/c1-5(2,3)4;;;/h1H2,2-4H3;1H3;;/q2*-1;;. The van der Waals surface area contributed by atoms with E-state index < -0.39 is 0 Å². The molecule has 0 N–H and O–H groups in total. The average Bonchev–Trinajstić information content (AvgIpc) is 0.722. The van der Waals surface area contributed by atoms with Gasteiger partial charge in [-0.2, -0.15) is 5.41 Å². The molecule has 0 nitrogen and oxygen atoms in total. The van der Waals surface area contributed by atoms with Crippen LogP contribution in [0, 0.1) is 19.8 Å². The van der Waals surface area contributed by atoms with Crippen LogP contribution in [-0.2, 0) is 22.4 Å². The number of hydrogen-bond acceptors (Lipinski definition) is 0. The third-order valence-electron chi connectivity index (χ3n) is 0. The van der Waals surface area contributed by atoms with E-state index in [0.717, 1.165) is 0 Å². The van der Waals surface area contributed by atoms with Gasteiger partial charge in [0.2, 0.25) is 0 Å². The Balaban J connectivity index is -0.0000000267. The first-order valence-corrected chi connectivity index (χ1v) is 1.85. The van der Waals surface area contributed by atoms with E-state index in [0.29, 0.717) is 0 Å². The topological polar surface area (TPSA) is 0 Å². The number of hydrogen-bond donors (Lipinski definition) is 0. The summed E-state index contributed by atoms with van der Waals surface area (Å²) >= 11 is 0. The molecule has 0 spiro atoms. The largest absolute Gasteiger partial charge is 0.358 e. The van der Waals surface area contributed by atoms with Crippen LogP contribution in [0.2, 0.25) is 0 Å². The Morgan fingerprint density at radius 3 is 1.12 bits per heavy atom. The van der Waals surface area contributed by atoms with Crippen LogP contribution in [-0.4, -0.2) is 18.9 Å². The molecule has 0 aromatic carbocycles. The minimum absolute atomic E-state index is 0. The van der Waals surface area contributed by atoms with Crippen molar-refractivity contribution in [1.29, 1.82) is 0 Å². The monoisotopic (exact) mass is 290 g/mol. The van der Waals surface area contributed by atoms with Gasteiger partial charge in [0.25, 0.3) is 0 Å². The maximum Gasteiger partial charge on any atom is 0 e. The van der Waals surface area contributed by atoms with Crippen LogP contribution in [0.1, 0.15) is 20.8 Å². The van der Waals surface area contributed by atoms with Crippen LogP contribution in [0.5, 0.6) is 0 Å². The zero-order chi connectivity index (χ0) is 4.50.